The highest BCUT2D eigenvalue weighted by atomic mass is 16.6. The Morgan fingerprint density at radius 3 is 2.65 bits per heavy atom. The van der Waals surface area contributed by atoms with Gasteiger partial charge in [-0.1, -0.05) is 6.07 Å². The zero-order valence-corrected chi connectivity index (χ0v) is 11.7. The molecule has 0 atom stereocenters. The number of carbonyl (C=O) groups is 1. The summed E-state index contributed by atoms with van der Waals surface area (Å²) < 4.78 is 4.52. The number of anilines is 1. The van der Waals surface area contributed by atoms with E-state index in [1.165, 1.54) is 19.2 Å². The first-order valence-electron chi connectivity index (χ1n) is 6.03. The van der Waals surface area contributed by atoms with Crippen LogP contribution in [0, 0.1) is 10.1 Å². The molecule has 0 heterocycles. The van der Waals surface area contributed by atoms with Crippen LogP contribution in [0.4, 0.5) is 11.4 Å². The van der Waals surface area contributed by atoms with Crippen LogP contribution in [0.1, 0.15) is 19.4 Å². The number of methoxy groups -OCH3 is 1. The fraction of sp³-hybridized carbons (Fsp3) is 0.462. The van der Waals surface area contributed by atoms with E-state index in [2.05, 4.69) is 10.1 Å². The second-order valence-electron chi connectivity index (χ2n) is 5.03. The van der Waals surface area contributed by atoms with Gasteiger partial charge in [0.05, 0.1) is 24.1 Å². The maximum absolute atomic E-state index is 11.2. The van der Waals surface area contributed by atoms with Crippen molar-refractivity contribution in [1.29, 1.82) is 0 Å². The third-order valence-electron chi connectivity index (χ3n) is 2.55. The van der Waals surface area contributed by atoms with Crippen molar-refractivity contribution in [3.8, 4) is 0 Å². The van der Waals surface area contributed by atoms with E-state index in [-0.39, 0.29) is 18.7 Å². The smallest absolute Gasteiger partial charge is 0.309 e. The van der Waals surface area contributed by atoms with Gasteiger partial charge in [0.1, 0.15) is 5.69 Å². The summed E-state index contributed by atoms with van der Waals surface area (Å²) in [4.78, 5) is 21.7. The lowest BCUT2D eigenvalue weighted by molar-refractivity contribution is -0.384. The molecule has 0 aliphatic rings. The Morgan fingerprint density at radius 2 is 2.15 bits per heavy atom. The van der Waals surface area contributed by atoms with Crippen LogP contribution in [0.15, 0.2) is 18.2 Å². The first-order valence-corrected chi connectivity index (χ1v) is 6.03. The number of nitrogens with zero attached hydrogens (tertiary/aromatic N) is 1. The van der Waals surface area contributed by atoms with Gasteiger partial charge in [0.2, 0.25) is 0 Å². The number of carbonyl (C=O) groups excluding carboxylic acids is 1. The summed E-state index contributed by atoms with van der Waals surface area (Å²) in [5, 5.41) is 23.5. The Kier molecular flexibility index (Phi) is 5.04. The number of nitrogens with one attached hydrogen (secondary N) is 1. The van der Waals surface area contributed by atoms with Gasteiger partial charge in [-0.05, 0) is 25.5 Å². The molecule has 0 spiro atoms. The minimum atomic E-state index is -0.988. The van der Waals surface area contributed by atoms with Gasteiger partial charge in [-0.25, -0.2) is 0 Å². The molecule has 7 nitrogen and oxygen atoms in total. The predicted octanol–water partition coefficient (Wildman–Crippen LogP) is 1.49. The van der Waals surface area contributed by atoms with E-state index in [0.717, 1.165) is 0 Å². The summed E-state index contributed by atoms with van der Waals surface area (Å²) in [5.41, 5.74) is -0.336. The Labute approximate surface area is 116 Å². The van der Waals surface area contributed by atoms with E-state index in [0.29, 0.717) is 11.3 Å². The first-order chi connectivity index (χ1) is 9.23. The van der Waals surface area contributed by atoms with Gasteiger partial charge in [0, 0.05) is 12.6 Å². The Hall–Kier alpha value is -2.15. The summed E-state index contributed by atoms with van der Waals surface area (Å²) >= 11 is 0. The molecule has 0 bridgehead atoms. The zero-order valence-electron chi connectivity index (χ0n) is 11.7. The summed E-state index contributed by atoms with van der Waals surface area (Å²) in [5.74, 6) is -0.462. The van der Waals surface area contributed by atoms with Gasteiger partial charge in [-0.15, -0.1) is 0 Å². The molecule has 0 aromatic heterocycles. The van der Waals surface area contributed by atoms with Gasteiger partial charge < -0.3 is 15.2 Å². The number of benzene rings is 1. The molecular formula is C13H18N2O5. The van der Waals surface area contributed by atoms with Crippen molar-refractivity contribution in [3.63, 3.8) is 0 Å². The lowest BCUT2D eigenvalue weighted by Crippen LogP contribution is -2.29. The Balaban J connectivity index is 2.96. The van der Waals surface area contributed by atoms with Crippen molar-refractivity contribution in [2.45, 2.75) is 25.9 Å². The molecule has 0 fully saturated rings. The molecule has 1 rings (SSSR count). The molecule has 0 saturated carbocycles. The molecule has 2 N–H and O–H groups in total. The van der Waals surface area contributed by atoms with Crippen molar-refractivity contribution in [2.75, 3.05) is 19.0 Å². The molecule has 0 radical (unpaired) electrons. The molecule has 0 aliphatic heterocycles. The number of nitro benzene ring substituents is 1. The number of aliphatic hydroxyl groups is 1. The van der Waals surface area contributed by atoms with Crippen LogP contribution in [0.25, 0.3) is 0 Å². The highest BCUT2D eigenvalue weighted by Crippen LogP contribution is 2.26. The van der Waals surface area contributed by atoms with Crippen LogP contribution < -0.4 is 5.32 Å². The molecule has 1 aromatic carbocycles. The second kappa shape index (κ2) is 6.33. The fourth-order valence-corrected chi connectivity index (χ4v) is 1.54. The lowest BCUT2D eigenvalue weighted by atomic mass is 10.1. The Morgan fingerprint density at radius 1 is 1.50 bits per heavy atom. The van der Waals surface area contributed by atoms with Crippen molar-refractivity contribution < 1.29 is 19.6 Å². The number of hydrogen-bond donors (Lipinski definition) is 2. The summed E-state index contributed by atoms with van der Waals surface area (Å²) in [6, 6.07) is 4.45. The van der Waals surface area contributed by atoms with Crippen molar-refractivity contribution in [1.82, 2.24) is 0 Å². The van der Waals surface area contributed by atoms with E-state index in [4.69, 9.17) is 0 Å². The third-order valence-corrected chi connectivity index (χ3v) is 2.55. The highest BCUT2D eigenvalue weighted by molar-refractivity contribution is 5.74. The maximum atomic E-state index is 11.2. The number of esters is 1. The first kappa shape index (κ1) is 15.9. The van der Waals surface area contributed by atoms with Crippen LogP contribution in [-0.2, 0) is 16.0 Å². The van der Waals surface area contributed by atoms with Crippen molar-refractivity contribution >= 4 is 17.3 Å². The predicted molar refractivity (Wildman–Crippen MR) is 73.6 cm³/mol. The molecule has 7 heteroatoms. The summed E-state index contributed by atoms with van der Waals surface area (Å²) in [6.45, 7) is 3.36. The second-order valence-corrected chi connectivity index (χ2v) is 5.03. The molecule has 0 amide bonds. The van der Waals surface area contributed by atoms with Crippen LogP contribution in [0.5, 0.6) is 0 Å². The number of rotatable bonds is 6. The Bertz CT molecular complexity index is 508. The maximum Gasteiger partial charge on any atom is 0.309 e. The van der Waals surface area contributed by atoms with Gasteiger partial charge in [-0.2, -0.15) is 0 Å². The van der Waals surface area contributed by atoms with E-state index < -0.39 is 16.5 Å². The average Bonchev–Trinajstić information content (AvgIpc) is 2.35. The van der Waals surface area contributed by atoms with Crippen LogP contribution >= 0.6 is 0 Å². The molecule has 0 unspecified atom stereocenters. The van der Waals surface area contributed by atoms with E-state index in [9.17, 15) is 20.0 Å². The minimum absolute atomic E-state index is 0.0247. The van der Waals surface area contributed by atoms with Crippen molar-refractivity contribution in [2.24, 2.45) is 0 Å². The van der Waals surface area contributed by atoms with Crippen LogP contribution in [0.3, 0.4) is 0 Å². The monoisotopic (exact) mass is 282 g/mol. The van der Waals surface area contributed by atoms with E-state index in [1.54, 1.807) is 19.9 Å². The number of ether oxygens (including phenoxy) is 1. The molecule has 1 aromatic rings. The molecule has 110 valence electrons. The average molecular weight is 282 g/mol. The molecule has 0 aliphatic carbocycles. The van der Waals surface area contributed by atoms with Crippen LogP contribution in [-0.4, -0.2) is 35.3 Å². The number of nitro groups is 1. The van der Waals surface area contributed by atoms with Crippen molar-refractivity contribution in [3.05, 3.63) is 33.9 Å². The highest BCUT2D eigenvalue weighted by Gasteiger charge is 2.18. The van der Waals surface area contributed by atoms with Gasteiger partial charge in [0.15, 0.2) is 0 Å². The lowest BCUT2D eigenvalue weighted by Gasteiger charge is -2.18. The molecule has 20 heavy (non-hydrogen) atoms. The SMILES string of the molecule is COC(=O)Cc1ccc(NCC(C)(C)O)c([N+](=O)[O-])c1. The van der Waals surface area contributed by atoms with E-state index >= 15 is 0 Å². The zero-order chi connectivity index (χ0) is 15.3. The van der Waals surface area contributed by atoms with E-state index in [1.807, 2.05) is 0 Å². The summed E-state index contributed by atoms with van der Waals surface area (Å²) in [7, 11) is 1.26. The quantitative estimate of drug-likeness (QED) is 0.465. The molecular weight excluding hydrogens is 264 g/mol. The molecule has 0 saturated heterocycles. The largest absolute Gasteiger partial charge is 0.469 e. The summed E-state index contributed by atoms with van der Waals surface area (Å²) in [6.07, 6.45) is -0.0247. The van der Waals surface area contributed by atoms with Crippen LogP contribution in [0.2, 0.25) is 0 Å². The topological polar surface area (TPSA) is 102 Å². The van der Waals surface area contributed by atoms with Gasteiger partial charge >= 0.3 is 5.97 Å². The normalized spacial score (nSPS) is 11.0. The van der Waals surface area contributed by atoms with Gasteiger partial charge in [-0.3, -0.25) is 14.9 Å². The third kappa shape index (κ3) is 4.85. The number of hydrogen-bond acceptors (Lipinski definition) is 6. The standard InChI is InChI=1S/C13H18N2O5/c1-13(2,17)8-14-10-5-4-9(7-12(16)20-3)6-11(10)15(18)19/h4-6,14,17H,7-8H2,1-3H3. The minimum Gasteiger partial charge on any atom is -0.469 e. The van der Waals surface area contributed by atoms with Gasteiger partial charge in [0.25, 0.3) is 5.69 Å². The fourth-order valence-electron chi connectivity index (χ4n) is 1.54.